The van der Waals surface area contributed by atoms with Crippen molar-refractivity contribution in [3.8, 4) is 11.1 Å². The molecule has 1 aliphatic rings. The first-order valence-electron chi connectivity index (χ1n) is 8.48. The first kappa shape index (κ1) is 16.8. The second-order valence-electron chi connectivity index (χ2n) is 6.60. The predicted octanol–water partition coefficient (Wildman–Crippen LogP) is 6.59. The van der Waals surface area contributed by atoms with E-state index in [2.05, 4.69) is 0 Å². The number of alkyl halides is 3. The Balaban J connectivity index is 1.60. The van der Waals surface area contributed by atoms with Gasteiger partial charge < -0.3 is 0 Å². The Kier molecular flexibility index (Phi) is 4.06. The van der Waals surface area contributed by atoms with Crippen molar-refractivity contribution in [2.24, 2.45) is 0 Å². The Morgan fingerprint density at radius 2 is 1.46 bits per heavy atom. The Hall–Kier alpha value is -2.62. The van der Waals surface area contributed by atoms with Gasteiger partial charge in [0.05, 0.1) is 5.56 Å². The van der Waals surface area contributed by atoms with Gasteiger partial charge in [0.15, 0.2) is 0 Å². The number of aryl methyl sites for hydroxylation is 1. The third-order valence-corrected chi connectivity index (χ3v) is 5.02. The summed E-state index contributed by atoms with van der Waals surface area (Å²) in [5.74, 6) is -0.213. The molecular formula is C22H16F4. The zero-order valence-corrected chi connectivity index (χ0v) is 13.9. The molecule has 0 aromatic heterocycles. The lowest BCUT2D eigenvalue weighted by Crippen LogP contribution is -2.05. The number of hydrogen-bond acceptors (Lipinski definition) is 0. The van der Waals surface area contributed by atoms with Gasteiger partial charge in [0, 0.05) is 5.92 Å². The summed E-state index contributed by atoms with van der Waals surface area (Å²) < 4.78 is 51.8. The molecule has 1 unspecified atom stereocenters. The molecule has 0 N–H and O–H groups in total. The van der Waals surface area contributed by atoms with E-state index in [4.69, 9.17) is 0 Å². The number of rotatable bonds is 3. The number of halogens is 4. The SMILES string of the molecule is Fc1ccc2c(c1)C(CCc1ccc(C(F)(F)F)cc1)c1ccccc1-2. The molecule has 0 fully saturated rings. The molecule has 0 aliphatic heterocycles. The highest BCUT2D eigenvalue weighted by atomic mass is 19.4. The van der Waals surface area contributed by atoms with Gasteiger partial charge in [-0.05, 0) is 64.9 Å². The van der Waals surface area contributed by atoms with Crippen LogP contribution in [0, 0.1) is 5.82 Å². The van der Waals surface area contributed by atoms with Crippen LogP contribution < -0.4 is 0 Å². The second kappa shape index (κ2) is 6.27. The Labute approximate surface area is 149 Å². The smallest absolute Gasteiger partial charge is 0.207 e. The summed E-state index contributed by atoms with van der Waals surface area (Å²) in [5.41, 5.74) is 4.47. The van der Waals surface area contributed by atoms with Gasteiger partial charge in [-0.3, -0.25) is 0 Å². The topological polar surface area (TPSA) is 0 Å². The van der Waals surface area contributed by atoms with E-state index in [1.807, 2.05) is 30.3 Å². The van der Waals surface area contributed by atoms with Crippen LogP contribution in [0.25, 0.3) is 11.1 Å². The lowest BCUT2D eigenvalue weighted by Gasteiger charge is -2.14. The normalized spacial score (nSPS) is 15.6. The van der Waals surface area contributed by atoms with Crippen molar-refractivity contribution in [1.82, 2.24) is 0 Å². The van der Waals surface area contributed by atoms with Gasteiger partial charge in [0.2, 0.25) is 0 Å². The van der Waals surface area contributed by atoms with Crippen LogP contribution in [0.2, 0.25) is 0 Å². The van der Waals surface area contributed by atoms with Crippen molar-refractivity contribution in [2.45, 2.75) is 24.9 Å². The van der Waals surface area contributed by atoms with Crippen LogP contribution in [0.1, 0.15) is 34.6 Å². The fraction of sp³-hybridized carbons (Fsp3) is 0.182. The molecule has 4 heteroatoms. The maximum Gasteiger partial charge on any atom is 0.416 e. The van der Waals surface area contributed by atoms with Crippen molar-refractivity contribution in [1.29, 1.82) is 0 Å². The molecule has 0 spiro atoms. The molecule has 1 atom stereocenters. The monoisotopic (exact) mass is 356 g/mol. The van der Waals surface area contributed by atoms with E-state index in [-0.39, 0.29) is 11.7 Å². The quantitative estimate of drug-likeness (QED) is 0.464. The molecular weight excluding hydrogens is 340 g/mol. The summed E-state index contributed by atoms with van der Waals surface area (Å²) in [7, 11) is 0. The molecule has 0 radical (unpaired) electrons. The van der Waals surface area contributed by atoms with E-state index in [0.717, 1.165) is 46.4 Å². The van der Waals surface area contributed by atoms with Gasteiger partial charge >= 0.3 is 6.18 Å². The van der Waals surface area contributed by atoms with Gasteiger partial charge in [0.1, 0.15) is 5.82 Å². The zero-order chi connectivity index (χ0) is 18.3. The minimum atomic E-state index is -4.32. The molecule has 26 heavy (non-hydrogen) atoms. The summed E-state index contributed by atoms with van der Waals surface area (Å²) in [6.07, 6.45) is -2.97. The van der Waals surface area contributed by atoms with Crippen molar-refractivity contribution in [3.05, 3.63) is 94.8 Å². The van der Waals surface area contributed by atoms with Crippen molar-refractivity contribution in [2.75, 3.05) is 0 Å². The molecule has 0 saturated carbocycles. The molecule has 0 bridgehead atoms. The molecule has 0 heterocycles. The largest absolute Gasteiger partial charge is 0.416 e. The molecule has 4 rings (SSSR count). The lowest BCUT2D eigenvalue weighted by molar-refractivity contribution is -0.137. The van der Waals surface area contributed by atoms with E-state index in [1.165, 1.54) is 18.2 Å². The van der Waals surface area contributed by atoms with E-state index >= 15 is 0 Å². The lowest BCUT2D eigenvalue weighted by atomic mass is 9.90. The van der Waals surface area contributed by atoms with E-state index in [0.29, 0.717) is 6.42 Å². The minimum Gasteiger partial charge on any atom is -0.207 e. The Morgan fingerprint density at radius 1 is 0.769 bits per heavy atom. The van der Waals surface area contributed by atoms with Gasteiger partial charge in [-0.1, -0.05) is 42.5 Å². The predicted molar refractivity (Wildman–Crippen MR) is 93.4 cm³/mol. The van der Waals surface area contributed by atoms with Crippen molar-refractivity contribution >= 4 is 0 Å². The summed E-state index contributed by atoms with van der Waals surface area (Å²) >= 11 is 0. The molecule has 1 aliphatic carbocycles. The molecule has 0 nitrogen and oxygen atoms in total. The summed E-state index contributed by atoms with van der Waals surface area (Å²) in [5, 5.41) is 0. The van der Waals surface area contributed by atoms with Crippen LogP contribution in [0.4, 0.5) is 17.6 Å². The highest BCUT2D eigenvalue weighted by molar-refractivity contribution is 5.78. The fourth-order valence-corrected chi connectivity index (χ4v) is 3.76. The van der Waals surface area contributed by atoms with E-state index in [1.54, 1.807) is 6.07 Å². The molecule has 3 aromatic carbocycles. The second-order valence-corrected chi connectivity index (χ2v) is 6.60. The van der Waals surface area contributed by atoms with Crippen LogP contribution in [0.15, 0.2) is 66.7 Å². The average molecular weight is 356 g/mol. The maximum absolute atomic E-state index is 13.8. The van der Waals surface area contributed by atoms with Gasteiger partial charge in [0.25, 0.3) is 0 Å². The number of hydrogen-bond donors (Lipinski definition) is 0. The molecule has 3 aromatic rings. The highest BCUT2D eigenvalue weighted by Crippen LogP contribution is 2.46. The fourth-order valence-electron chi connectivity index (χ4n) is 3.76. The van der Waals surface area contributed by atoms with Crippen LogP contribution in [0.5, 0.6) is 0 Å². The maximum atomic E-state index is 13.8. The molecule has 132 valence electrons. The first-order valence-corrected chi connectivity index (χ1v) is 8.48. The number of fused-ring (bicyclic) bond motifs is 3. The third-order valence-electron chi connectivity index (χ3n) is 5.02. The summed E-state index contributed by atoms with van der Waals surface area (Å²) in [6.45, 7) is 0. The van der Waals surface area contributed by atoms with E-state index in [9.17, 15) is 17.6 Å². The average Bonchev–Trinajstić information content (AvgIpc) is 2.92. The van der Waals surface area contributed by atoms with Crippen LogP contribution in [-0.2, 0) is 12.6 Å². The molecule has 0 amide bonds. The minimum absolute atomic E-state index is 0.0548. The van der Waals surface area contributed by atoms with Gasteiger partial charge in [-0.15, -0.1) is 0 Å². The third kappa shape index (κ3) is 3.00. The van der Waals surface area contributed by atoms with Crippen molar-refractivity contribution in [3.63, 3.8) is 0 Å². The van der Waals surface area contributed by atoms with Crippen LogP contribution in [-0.4, -0.2) is 0 Å². The van der Waals surface area contributed by atoms with Gasteiger partial charge in [-0.2, -0.15) is 13.2 Å². The zero-order valence-electron chi connectivity index (χ0n) is 13.9. The molecule has 0 saturated heterocycles. The Bertz CT molecular complexity index is 939. The van der Waals surface area contributed by atoms with E-state index < -0.39 is 11.7 Å². The summed E-state index contributed by atoms with van der Waals surface area (Å²) in [4.78, 5) is 0. The number of benzene rings is 3. The summed E-state index contributed by atoms with van der Waals surface area (Å²) in [6, 6.07) is 18.1. The van der Waals surface area contributed by atoms with Crippen LogP contribution >= 0.6 is 0 Å². The first-order chi connectivity index (χ1) is 12.4. The van der Waals surface area contributed by atoms with Gasteiger partial charge in [-0.25, -0.2) is 4.39 Å². The standard InChI is InChI=1S/C22H16F4/c23-16-10-12-20-18-4-2-1-3-17(18)19(21(20)13-16)11-7-14-5-8-15(9-6-14)22(24,25)26/h1-6,8-10,12-13,19H,7,11H2. The Morgan fingerprint density at radius 3 is 2.19 bits per heavy atom. The highest BCUT2D eigenvalue weighted by Gasteiger charge is 2.30. The van der Waals surface area contributed by atoms with Crippen LogP contribution in [0.3, 0.4) is 0 Å². The van der Waals surface area contributed by atoms with Crippen molar-refractivity contribution < 1.29 is 17.6 Å².